The van der Waals surface area contributed by atoms with Crippen molar-refractivity contribution in [2.75, 3.05) is 6.54 Å². The van der Waals surface area contributed by atoms with Gasteiger partial charge in [-0.1, -0.05) is 0 Å². The lowest BCUT2D eigenvalue weighted by atomic mass is 10.3. The number of aliphatic imine (C=N–C) groups is 1. The van der Waals surface area contributed by atoms with Gasteiger partial charge in [-0.3, -0.25) is 9.79 Å². The van der Waals surface area contributed by atoms with Crippen molar-refractivity contribution in [1.82, 2.24) is 0 Å². The summed E-state index contributed by atoms with van der Waals surface area (Å²) in [6.07, 6.45) is 2.25. The van der Waals surface area contributed by atoms with Crippen molar-refractivity contribution in [2.45, 2.75) is 26.2 Å². The van der Waals surface area contributed by atoms with E-state index >= 15 is 0 Å². The summed E-state index contributed by atoms with van der Waals surface area (Å²) in [6.45, 7) is 2.82. The highest BCUT2D eigenvalue weighted by Gasteiger charge is 2.15. The molecule has 0 radical (unpaired) electrons. The molecule has 2 heteroatoms. The Kier molecular flexibility index (Phi) is 1.98. The number of hydrogen-bond acceptors (Lipinski definition) is 2. The number of Topliss-reactive ketones (excluding diaryl/α,β-unsaturated/α-hetero) is 1. The maximum absolute atomic E-state index is 10.6. The third-order valence-electron chi connectivity index (χ3n) is 1.48. The molecule has 0 N–H and O–H groups in total. The van der Waals surface area contributed by atoms with E-state index in [-0.39, 0.29) is 0 Å². The van der Waals surface area contributed by atoms with Gasteiger partial charge in [0.15, 0.2) is 0 Å². The van der Waals surface area contributed by atoms with Crippen LogP contribution < -0.4 is 0 Å². The Hall–Kier alpha value is -0.660. The Labute approximate surface area is 55.0 Å². The van der Waals surface area contributed by atoms with Crippen LogP contribution in [-0.2, 0) is 4.79 Å². The lowest BCUT2D eigenvalue weighted by Gasteiger charge is -1.87. The molecule has 0 unspecified atom stereocenters. The minimum absolute atomic E-state index is 0.349. The molecule has 0 aromatic carbocycles. The predicted octanol–water partition coefficient (Wildman–Crippen LogP) is 1.20. The van der Waals surface area contributed by atoms with Crippen LogP contribution in [0.1, 0.15) is 26.2 Å². The lowest BCUT2D eigenvalue weighted by molar-refractivity contribution is -0.116. The first-order chi connectivity index (χ1) is 4.33. The number of hydrogen-bond donors (Lipinski definition) is 0. The molecule has 1 aliphatic carbocycles. The van der Waals surface area contributed by atoms with Gasteiger partial charge < -0.3 is 0 Å². The van der Waals surface area contributed by atoms with Gasteiger partial charge in [-0.25, -0.2) is 0 Å². The molecule has 0 aliphatic heterocycles. The molecule has 1 fully saturated rings. The van der Waals surface area contributed by atoms with Gasteiger partial charge in [0.05, 0.1) is 0 Å². The zero-order chi connectivity index (χ0) is 6.69. The molecule has 0 bridgehead atoms. The molecule has 1 aliphatic rings. The van der Waals surface area contributed by atoms with Crippen LogP contribution in [0, 0.1) is 0 Å². The summed E-state index contributed by atoms with van der Waals surface area (Å²) >= 11 is 0. The van der Waals surface area contributed by atoms with Crippen LogP contribution in [0.15, 0.2) is 4.99 Å². The van der Waals surface area contributed by atoms with Crippen molar-refractivity contribution in [1.29, 1.82) is 0 Å². The van der Waals surface area contributed by atoms with Crippen LogP contribution in [0.4, 0.5) is 0 Å². The third kappa shape index (κ3) is 1.63. The number of carbonyl (C=O) groups excluding carboxylic acids is 1. The zero-order valence-corrected chi connectivity index (χ0v) is 5.68. The molecular formula is C7H11NO. The Morgan fingerprint density at radius 1 is 1.56 bits per heavy atom. The monoisotopic (exact) mass is 125 g/mol. The molecular weight excluding hydrogens is 114 g/mol. The molecule has 50 valence electrons. The summed E-state index contributed by atoms with van der Waals surface area (Å²) in [6, 6.07) is 0. The highest BCUT2D eigenvalue weighted by atomic mass is 16.1. The minimum atomic E-state index is 0.349. The summed E-state index contributed by atoms with van der Waals surface area (Å²) in [5, 5.41) is 0. The molecule has 1 saturated carbocycles. The second-order valence-electron chi connectivity index (χ2n) is 2.26. The highest BCUT2D eigenvalue weighted by Crippen LogP contribution is 2.10. The van der Waals surface area contributed by atoms with Gasteiger partial charge in [0.25, 0.3) is 0 Å². The van der Waals surface area contributed by atoms with Crippen molar-refractivity contribution < 1.29 is 4.79 Å². The van der Waals surface area contributed by atoms with Gasteiger partial charge >= 0.3 is 0 Å². The molecule has 0 amide bonds. The van der Waals surface area contributed by atoms with Gasteiger partial charge in [-0.05, 0) is 13.3 Å². The largest absolute Gasteiger partial charge is 0.299 e. The summed E-state index contributed by atoms with van der Waals surface area (Å²) < 4.78 is 0. The SMILES string of the molecule is CCN=C1CCC(=O)C1. The van der Waals surface area contributed by atoms with Crippen LogP contribution in [0.5, 0.6) is 0 Å². The quantitative estimate of drug-likeness (QED) is 0.517. The van der Waals surface area contributed by atoms with Crippen LogP contribution in [-0.4, -0.2) is 18.0 Å². The van der Waals surface area contributed by atoms with Gasteiger partial charge in [-0.2, -0.15) is 0 Å². The van der Waals surface area contributed by atoms with Gasteiger partial charge in [0.1, 0.15) is 5.78 Å². The smallest absolute Gasteiger partial charge is 0.138 e. The Morgan fingerprint density at radius 2 is 2.33 bits per heavy atom. The second-order valence-corrected chi connectivity index (χ2v) is 2.26. The topological polar surface area (TPSA) is 29.4 Å². The van der Waals surface area contributed by atoms with Crippen molar-refractivity contribution >= 4 is 11.5 Å². The van der Waals surface area contributed by atoms with E-state index < -0.39 is 0 Å². The van der Waals surface area contributed by atoms with Crippen LogP contribution in [0.25, 0.3) is 0 Å². The van der Waals surface area contributed by atoms with E-state index in [0.29, 0.717) is 12.2 Å². The Bertz CT molecular complexity index is 149. The van der Waals surface area contributed by atoms with E-state index in [0.717, 1.165) is 25.1 Å². The van der Waals surface area contributed by atoms with Crippen LogP contribution >= 0.6 is 0 Å². The first-order valence-electron chi connectivity index (χ1n) is 3.37. The van der Waals surface area contributed by atoms with Crippen LogP contribution in [0.2, 0.25) is 0 Å². The van der Waals surface area contributed by atoms with Gasteiger partial charge in [0, 0.05) is 25.1 Å². The summed E-state index contributed by atoms with van der Waals surface area (Å²) in [4.78, 5) is 14.8. The van der Waals surface area contributed by atoms with Gasteiger partial charge in [0.2, 0.25) is 0 Å². The number of carbonyl (C=O) groups is 1. The minimum Gasteiger partial charge on any atom is -0.299 e. The van der Waals surface area contributed by atoms with E-state index in [1.54, 1.807) is 0 Å². The first-order valence-corrected chi connectivity index (χ1v) is 3.37. The summed E-state index contributed by atoms with van der Waals surface area (Å²) in [5.74, 6) is 0.349. The fourth-order valence-electron chi connectivity index (χ4n) is 1.05. The van der Waals surface area contributed by atoms with E-state index in [4.69, 9.17) is 0 Å². The molecule has 0 aromatic rings. The Balaban J connectivity index is 2.47. The fraction of sp³-hybridized carbons (Fsp3) is 0.714. The van der Waals surface area contributed by atoms with E-state index in [1.165, 1.54) is 0 Å². The molecule has 9 heavy (non-hydrogen) atoms. The highest BCUT2D eigenvalue weighted by molar-refractivity contribution is 6.08. The summed E-state index contributed by atoms with van der Waals surface area (Å²) in [7, 11) is 0. The van der Waals surface area contributed by atoms with E-state index in [1.807, 2.05) is 6.92 Å². The number of ketones is 1. The molecule has 2 nitrogen and oxygen atoms in total. The first kappa shape index (κ1) is 6.46. The normalized spacial score (nSPS) is 23.7. The lowest BCUT2D eigenvalue weighted by Crippen LogP contribution is -1.92. The van der Waals surface area contributed by atoms with Gasteiger partial charge in [-0.15, -0.1) is 0 Å². The van der Waals surface area contributed by atoms with Crippen molar-refractivity contribution in [3.05, 3.63) is 0 Å². The maximum atomic E-state index is 10.6. The van der Waals surface area contributed by atoms with Crippen molar-refractivity contribution in [3.63, 3.8) is 0 Å². The maximum Gasteiger partial charge on any atom is 0.138 e. The van der Waals surface area contributed by atoms with E-state index in [2.05, 4.69) is 4.99 Å². The third-order valence-corrected chi connectivity index (χ3v) is 1.48. The van der Waals surface area contributed by atoms with E-state index in [9.17, 15) is 4.79 Å². The predicted molar refractivity (Wildman–Crippen MR) is 36.8 cm³/mol. The standard InChI is InChI=1S/C7H11NO/c1-2-8-6-3-4-7(9)5-6/h2-5H2,1H3. The van der Waals surface area contributed by atoms with Crippen molar-refractivity contribution in [2.24, 2.45) is 4.99 Å². The average Bonchev–Trinajstić information content (AvgIpc) is 2.17. The number of rotatable bonds is 1. The average molecular weight is 125 g/mol. The van der Waals surface area contributed by atoms with Crippen molar-refractivity contribution in [3.8, 4) is 0 Å². The zero-order valence-electron chi connectivity index (χ0n) is 5.68. The number of nitrogens with zero attached hydrogens (tertiary/aromatic N) is 1. The molecule has 0 spiro atoms. The molecule has 1 rings (SSSR count). The van der Waals surface area contributed by atoms with Crippen LogP contribution in [0.3, 0.4) is 0 Å². The molecule has 0 atom stereocenters. The molecule has 0 saturated heterocycles. The Morgan fingerprint density at radius 3 is 2.78 bits per heavy atom. The summed E-state index contributed by atoms with van der Waals surface area (Å²) in [5.41, 5.74) is 1.10. The molecule has 0 aromatic heterocycles. The second kappa shape index (κ2) is 2.76. The fourth-order valence-corrected chi connectivity index (χ4v) is 1.05. The molecule has 0 heterocycles.